The summed E-state index contributed by atoms with van der Waals surface area (Å²) >= 11 is 9.12. The van der Waals surface area contributed by atoms with Crippen LogP contribution in [0.25, 0.3) is 0 Å². The molecule has 1 heterocycles. The lowest BCUT2D eigenvalue weighted by Crippen LogP contribution is -2.05. The van der Waals surface area contributed by atoms with Gasteiger partial charge in [0.05, 0.1) is 6.61 Å². The second kappa shape index (κ2) is 4.82. The SMILES string of the molecule is CC(C)COc1cc(Br)cnc1Cl. The number of ether oxygens (including phenoxy) is 1. The van der Waals surface area contributed by atoms with E-state index in [1.54, 1.807) is 6.20 Å². The third-order valence-electron chi connectivity index (χ3n) is 1.35. The first-order valence-corrected chi connectivity index (χ1v) is 5.20. The van der Waals surface area contributed by atoms with Crippen molar-refractivity contribution in [1.29, 1.82) is 0 Å². The van der Waals surface area contributed by atoms with E-state index < -0.39 is 0 Å². The summed E-state index contributed by atoms with van der Waals surface area (Å²) in [4.78, 5) is 3.95. The fourth-order valence-electron chi connectivity index (χ4n) is 0.762. The van der Waals surface area contributed by atoms with Crippen molar-refractivity contribution in [3.05, 3.63) is 21.9 Å². The van der Waals surface area contributed by atoms with E-state index in [-0.39, 0.29) is 0 Å². The van der Waals surface area contributed by atoms with Crippen molar-refractivity contribution in [2.45, 2.75) is 13.8 Å². The maximum Gasteiger partial charge on any atom is 0.171 e. The fraction of sp³-hybridized carbons (Fsp3) is 0.444. The van der Waals surface area contributed by atoms with Gasteiger partial charge in [-0.1, -0.05) is 25.4 Å². The van der Waals surface area contributed by atoms with Crippen LogP contribution in [-0.4, -0.2) is 11.6 Å². The van der Waals surface area contributed by atoms with Crippen LogP contribution in [-0.2, 0) is 0 Å². The Morgan fingerprint density at radius 1 is 1.62 bits per heavy atom. The third-order valence-corrected chi connectivity index (χ3v) is 2.06. The van der Waals surface area contributed by atoms with Crippen LogP contribution in [0.1, 0.15) is 13.8 Å². The van der Waals surface area contributed by atoms with Crippen LogP contribution in [0.5, 0.6) is 5.75 Å². The Labute approximate surface area is 91.4 Å². The topological polar surface area (TPSA) is 22.1 Å². The summed E-state index contributed by atoms with van der Waals surface area (Å²) in [6, 6.07) is 1.82. The number of hydrogen-bond donors (Lipinski definition) is 0. The van der Waals surface area contributed by atoms with Gasteiger partial charge in [-0.2, -0.15) is 0 Å². The average molecular weight is 265 g/mol. The van der Waals surface area contributed by atoms with Gasteiger partial charge in [-0.15, -0.1) is 0 Å². The standard InChI is InChI=1S/C9H11BrClNO/c1-6(2)5-13-8-3-7(10)4-12-9(8)11/h3-4,6H,5H2,1-2H3. The third kappa shape index (κ3) is 3.53. The lowest BCUT2D eigenvalue weighted by Gasteiger charge is -2.09. The number of halogens is 2. The predicted octanol–water partition coefficient (Wildman–Crippen LogP) is 3.53. The van der Waals surface area contributed by atoms with Crippen molar-refractivity contribution in [3.63, 3.8) is 0 Å². The minimum atomic E-state index is 0.406. The van der Waals surface area contributed by atoms with E-state index in [0.29, 0.717) is 23.4 Å². The van der Waals surface area contributed by atoms with Gasteiger partial charge in [0.25, 0.3) is 0 Å². The Morgan fingerprint density at radius 3 is 2.92 bits per heavy atom. The molecule has 0 radical (unpaired) electrons. The van der Waals surface area contributed by atoms with Crippen molar-refractivity contribution in [2.75, 3.05) is 6.61 Å². The molecule has 0 N–H and O–H groups in total. The van der Waals surface area contributed by atoms with E-state index >= 15 is 0 Å². The van der Waals surface area contributed by atoms with E-state index in [9.17, 15) is 0 Å². The highest BCUT2D eigenvalue weighted by Crippen LogP contribution is 2.25. The largest absolute Gasteiger partial charge is 0.490 e. The minimum Gasteiger partial charge on any atom is -0.490 e. The summed E-state index contributed by atoms with van der Waals surface area (Å²) in [6.45, 7) is 4.82. The maximum absolute atomic E-state index is 5.82. The van der Waals surface area contributed by atoms with E-state index in [4.69, 9.17) is 16.3 Å². The molecular formula is C9H11BrClNO. The van der Waals surface area contributed by atoms with Gasteiger partial charge in [0.1, 0.15) is 0 Å². The van der Waals surface area contributed by atoms with E-state index in [1.807, 2.05) is 6.07 Å². The quantitative estimate of drug-likeness (QED) is 0.779. The van der Waals surface area contributed by atoms with E-state index in [2.05, 4.69) is 34.8 Å². The number of rotatable bonds is 3. The van der Waals surface area contributed by atoms with Gasteiger partial charge in [-0.3, -0.25) is 0 Å². The Morgan fingerprint density at radius 2 is 2.31 bits per heavy atom. The number of hydrogen-bond acceptors (Lipinski definition) is 2. The summed E-state index contributed by atoms with van der Waals surface area (Å²) in [6.07, 6.45) is 1.64. The molecule has 72 valence electrons. The highest BCUT2D eigenvalue weighted by Gasteiger charge is 2.04. The van der Waals surface area contributed by atoms with Crippen molar-refractivity contribution >= 4 is 27.5 Å². The van der Waals surface area contributed by atoms with Crippen LogP contribution < -0.4 is 4.74 Å². The van der Waals surface area contributed by atoms with Crippen LogP contribution >= 0.6 is 27.5 Å². The van der Waals surface area contributed by atoms with Gasteiger partial charge >= 0.3 is 0 Å². The molecule has 0 amide bonds. The smallest absolute Gasteiger partial charge is 0.171 e. The molecule has 0 aliphatic carbocycles. The molecule has 13 heavy (non-hydrogen) atoms. The second-order valence-electron chi connectivity index (χ2n) is 3.15. The van der Waals surface area contributed by atoms with Gasteiger partial charge < -0.3 is 4.74 Å². The average Bonchev–Trinajstić information content (AvgIpc) is 2.06. The van der Waals surface area contributed by atoms with Crippen molar-refractivity contribution in [1.82, 2.24) is 4.98 Å². The highest BCUT2D eigenvalue weighted by atomic mass is 79.9. The minimum absolute atomic E-state index is 0.406. The predicted molar refractivity (Wildman–Crippen MR) is 57.3 cm³/mol. The van der Waals surface area contributed by atoms with Crippen molar-refractivity contribution in [3.8, 4) is 5.75 Å². The van der Waals surface area contributed by atoms with E-state index in [1.165, 1.54) is 0 Å². The zero-order valence-corrected chi connectivity index (χ0v) is 9.89. The lowest BCUT2D eigenvalue weighted by molar-refractivity contribution is 0.270. The van der Waals surface area contributed by atoms with E-state index in [0.717, 1.165) is 4.47 Å². The molecule has 0 fully saturated rings. The van der Waals surface area contributed by atoms with Crippen LogP contribution in [0.3, 0.4) is 0 Å². The molecule has 0 saturated carbocycles. The van der Waals surface area contributed by atoms with Crippen molar-refractivity contribution in [2.24, 2.45) is 5.92 Å². The van der Waals surface area contributed by atoms with Gasteiger partial charge in [0.15, 0.2) is 10.9 Å². The molecule has 2 nitrogen and oxygen atoms in total. The van der Waals surface area contributed by atoms with Crippen LogP contribution in [0.2, 0.25) is 5.15 Å². The molecule has 1 aromatic rings. The number of aromatic nitrogens is 1. The molecule has 0 aliphatic rings. The Hall–Kier alpha value is -0.280. The summed E-state index contributed by atoms with van der Waals surface area (Å²) in [5.41, 5.74) is 0. The second-order valence-corrected chi connectivity index (χ2v) is 4.42. The number of nitrogens with zero attached hydrogens (tertiary/aromatic N) is 1. The molecule has 1 aromatic heterocycles. The summed E-state index contributed by atoms with van der Waals surface area (Å²) in [5, 5.41) is 0.406. The first-order valence-electron chi connectivity index (χ1n) is 4.03. The molecule has 0 unspecified atom stereocenters. The molecule has 1 rings (SSSR count). The molecule has 0 atom stereocenters. The molecule has 0 aromatic carbocycles. The molecular weight excluding hydrogens is 253 g/mol. The van der Waals surface area contributed by atoms with Crippen LogP contribution in [0.15, 0.2) is 16.7 Å². The summed E-state index contributed by atoms with van der Waals surface area (Å²) in [5.74, 6) is 1.11. The van der Waals surface area contributed by atoms with Gasteiger partial charge in [-0.25, -0.2) is 4.98 Å². The lowest BCUT2D eigenvalue weighted by atomic mass is 10.2. The zero-order valence-electron chi connectivity index (χ0n) is 7.55. The highest BCUT2D eigenvalue weighted by molar-refractivity contribution is 9.10. The zero-order chi connectivity index (χ0) is 9.84. The van der Waals surface area contributed by atoms with Crippen LogP contribution in [0, 0.1) is 5.92 Å². The monoisotopic (exact) mass is 263 g/mol. The molecule has 0 spiro atoms. The molecule has 0 saturated heterocycles. The molecule has 0 bridgehead atoms. The summed E-state index contributed by atoms with van der Waals surface area (Å²) in [7, 11) is 0. The maximum atomic E-state index is 5.82. The Kier molecular flexibility index (Phi) is 4.00. The van der Waals surface area contributed by atoms with Crippen LogP contribution in [0.4, 0.5) is 0 Å². The summed E-state index contributed by atoms with van der Waals surface area (Å²) < 4.78 is 6.33. The van der Waals surface area contributed by atoms with Crippen molar-refractivity contribution < 1.29 is 4.74 Å². The number of pyridine rings is 1. The first kappa shape index (κ1) is 10.8. The Bertz CT molecular complexity index is 291. The Balaban J connectivity index is 2.70. The first-order chi connectivity index (χ1) is 6.09. The fourth-order valence-corrected chi connectivity index (χ4v) is 1.23. The molecule has 0 aliphatic heterocycles. The van der Waals surface area contributed by atoms with Gasteiger partial charge in [0, 0.05) is 10.7 Å². The molecule has 4 heteroatoms. The van der Waals surface area contributed by atoms with Gasteiger partial charge in [-0.05, 0) is 27.9 Å². The normalized spacial score (nSPS) is 10.5. The van der Waals surface area contributed by atoms with Gasteiger partial charge in [0.2, 0.25) is 0 Å².